The summed E-state index contributed by atoms with van der Waals surface area (Å²) in [5, 5.41) is 4.59. The lowest BCUT2D eigenvalue weighted by Gasteiger charge is -2.07. The molecular formula is C19H22N2O5S. The van der Waals surface area contributed by atoms with Gasteiger partial charge in [0.25, 0.3) is 5.91 Å². The van der Waals surface area contributed by atoms with Crippen LogP contribution in [-0.2, 0) is 28.9 Å². The number of amides is 3. The number of carbonyl (C=O) groups is 3. The fraction of sp³-hybridized carbons (Fsp3) is 0.421. The second-order valence-electron chi connectivity index (χ2n) is 6.36. The fourth-order valence-corrected chi connectivity index (χ4v) is 4.08. The van der Waals surface area contributed by atoms with Crippen molar-refractivity contribution in [3.8, 4) is 0 Å². The van der Waals surface area contributed by atoms with Crippen LogP contribution >= 0.6 is 11.3 Å². The number of rotatable bonds is 5. The van der Waals surface area contributed by atoms with Gasteiger partial charge in [0, 0.05) is 4.88 Å². The molecule has 3 rings (SSSR count). The number of nitrogens with one attached hydrogen (secondary N) is 2. The van der Waals surface area contributed by atoms with Crippen molar-refractivity contribution >= 4 is 29.2 Å². The number of ether oxygens (including phenoxy) is 1. The maximum atomic E-state index is 12.2. The van der Waals surface area contributed by atoms with Gasteiger partial charge in [0.05, 0.1) is 12.8 Å². The Morgan fingerprint density at radius 3 is 2.74 bits per heavy atom. The van der Waals surface area contributed by atoms with E-state index in [-0.39, 0.29) is 6.54 Å². The van der Waals surface area contributed by atoms with Crippen LogP contribution < -0.4 is 10.6 Å². The summed E-state index contributed by atoms with van der Waals surface area (Å²) in [6.45, 7) is -0.345. The third kappa shape index (κ3) is 5.68. The molecule has 1 aliphatic rings. The van der Waals surface area contributed by atoms with E-state index in [1.807, 2.05) is 6.07 Å². The first-order valence-electron chi connectivity index (χ1n) is 9.00. The topological polar surface area (TPSA) is 97.6 Å². The molecule has 0 atom stereocenters. The van der Waals surface area contributed by atoms with E-state index in [1.54, 1.807) is 12.1 Å². The predicted octanol–water partition coefficient (Wildman–Crippen LogP) is 3.18. The molecule has 0 aliphatic heterocycles. The highest BCUT2D eigenvalue weighted by atomic mass is 32.1. The van der Waals surface area contributed by atoms with Crippen molar-refractivity contribution < 1.29 is 23.5 Å². The molecule has 2 aromatic rings. The Balaban J connectivity index is 1.43. The zero-order valence-corrected chi connectivity index (χ0v) is 15.7. The summed E-state index contributed by atoms with van der Waals surface area (Å²) in [6, 6.07) is 4.60. The Labute approximate surface area is 161 Å². The van der Waals surface area contributed by atoms with E-state index < -0.39 is 24.5 Å². The molecule has 0 unspecified atom stereocenters. The predicted molar refractivity (Wildman–Crippen MR) is 99.6 cm³/mol. The van der Waals surface area contributed by atoms with E-state index >= 15 is 0 Å². The van der Waals surface area contributed by atoms with E-state index in [0.717, 1.165) is 25.7 Å². The van der Waals surface area contributed by atoms with E-state index in [2.05, 4.69) is 10.6 Å². The van der Waals surface area contributed by atoms with Crippen LogP contribution in [0.5, 0.6) is 0 Å². The van der Waals surface area contributed by atoms with Gasteiger partial charge >= 0.3 is 12.0 Å². The molecule has 0 spiro atoms. The summed E-state index contributed by atoms with van der Waals surface area (Å²) < 4.78 is 10.1. The number of urea groups is 1. The van der Waals surface area contributed by atoms with Gasteiger partial charge in [-0.05, 0) is 49.4 Å². The summed E-state index contributed by atoms with van der Waals surface area (Å²) in [7, 11) is 0. The highest BCUT2D eigenvalue weighted by Gasteiger charge is 2.18. The standard InChI is InChI=1S/C19H22N2O5S/c22-17(21-19(24)20-11-14-7-5-9-25-14)12-26-18(23)16-10-13-6-3-1-2-4-8-15(13)27-16/h5,7,9-10H,1-4,6,8,11-12H2,(H2,20,21,22,24). The van der Waals surface area contributed by atoms with Gasteiger partial charge in [-0.1, -0.05) is 12.8 Å². The molecule has 2 heterocycles. The number of carbonyl (C=O) groups excluding carboxylic acids is 3. The van der Waals surface area contributed by atoms with Gasteiger partial charge in [0.2, 0.25) is 0 Å². The van der Waals surface area contributed by atoms with Crippen LogP contribution in [-0.4, -0.2) is 24.5 Å². The lowest BCUT2D eigenvalue weighted by atomic mass is 10.00. The number of thiophene rings is 1. The molecule has 0 bridgehead atoms. The Morgan fingerprint density at radius 1 is 1.15 bits per heavy atom. The number of hydrogen-bond donors (Lipinski definition) is 2. The van der Waals surface area contributed by atoms with Gasteiger partial charge in [0.15, 0.2) is 6.61 Å². The van der Waals surface area contributed by atoms with Crippen molar-refractivity contribution in [1.29, 1.82) is 0 Å². The van der Waals surface area contributed by atoms with Crippen molar-refractivity contribution in [1.82, 2.24) is 10.6 Å². The number of hydrogen-bond acceptors (Lipinski definition) is 6. The molecule has 0 saturated carbocycles. The van der Waals surface area contributed by atoms with E-state index in [4.69, 9.17) is 9.15 Å². The summed E-state index contributed by atoms with van der Waals surface area (Å²) in [5.41, 5.74) is 1.22. The Bertz CT molecular complexity index is 772. The average molecular weight is 390 g/mol. The highest BCUT2D eigenvalue weighted by Crippen LogP contribution is 2.28. The molecule has 0 radical (unpaired) electrons. The normalized spacial score (nSPS) is 13.8. The average Bonchev–Trinajstić information content (AvgIpc) is 3.28. The molecule has 2 N–H and O–H groups in total. The monoisotopic (exact) mass is 390 g/mol. The van der Waals surface area contributed by atoms with Crippen LogP contribution in [0.4, 0.5) is 4.79 Å². The molecular weight excluding hydrogens is 368 g/mol. The second kappa shape index (κ2) is 9.36. The molecule has 144 valence electrons. The first kappa shape index (κ1) is 19.2. The van der Waals surface area contributed by atoms with Crippen molar-refractivity contribution in [2.24, 2.45) is 0 Å². The summed E-state index contributed by atoms with van der Waals surface area (Å²) >= 11 is 1.44. The first-order chi connectivity index (χ1) is 13.1. The smallest absolute Gasteiger partial charge is 0.348 e. The van der Waals surface area contributed by atoms with Crippen LogP contribution in [0, 0.1) is 0 Å². The van der Waals surface area contributed by atoms with Gasteiger partial charge in [-0.15, -0.1) is 11.3 Å². The maximum absolute atomic E-state index is 12.2. The fourth-order valence-electron chi connectivity index (χ4n) is 2.93. The molecule has 0 fully saturated rings. The van der Waals surface area contributed by atoms with E-state index in [0.29, 0.717) is 10.6 Å². The van der Waals surface area contributed by atoms with Crippen LogP contribution in [0.3, 0.4) is 0 Å². The highest BCUT2D eigenvalue weighted by molar-refractivity contribution is 7.14. The van der Waals surface area contributed by atoms with Crippen LogP contribution in [0.25, 0.3) is 0 Å². The zero-order chi connectivity index (χ0) is 19.1. The second-order valence-corrected chi connectivity index (χ2v) is 7.50. The zero-order valence-electron chi connectivity index (χ0n) is 14.9. The lowest BCUT2D eigenvalue weighted by Crippen LogP contribution is -2.41. The minimum absolute atomic E-state index is 0.159. The number of aryl methyl sites for hydroxylation is 2. The third-order valence-corrected chi connectivity index (χ3v) is 5.51. The van der Waals surface area contributed by atoms with Crippen LogP contribution in [0.2, 0.25) is 0 Å². The molecule has 8 heteroatoms. The molecule has 2 aromatic heterocycles. The third-order valence-electron chi connectivity index (χ3n) is 4.29. The summed E-state index contributed by atoms with van der Waals surface area (Å²) in [6.07, 6.45) is 8.17. The van der Waals surface area contributed by atoms with Crippen LogP contribution in [0.15, 0.2) is 28.9 Å². The number of fused-ring (bicyclic) bond motifs is 1. The maximum Gasteiger partial charge on any atom is 0.348 e. The Hall–Kier alpha value is -2.61. The Kier molecular flexibility index (Phi) is 6.64. The number of imide groups is 1. The summed E-state index contributed by atoms with van der Waals surface area (Å²) in [5.74, 6) is -0.648. The quantitative estimate of drug-likeness (QED) is 0.764. The van der Waals surface area contributed by atoms with Gasteiger partial charge in [-0.3, -0.25) is 10.1 Å². The molecule has 3 amide bonds. The number of furan rings is 1. The van der Waals surface area contributed by atoms with Gasteiger partial charge in [-0.2, -0.15) is 0 Å². The SMILES string of the molecule is O=C(COC(=O)c1cc2c(s1)CCCCCC2)NC(=O)NCc1ccco1. The van der Waals surface area contributed by atoms with Gasteiger partial charge in [-0.25, -0.2) is 9.59 Å². The molecule has 1 aliphatic carbocycles. The number of esters is 1. The molecule has 0 aromatic carbocycles. The van der Waals surface area contributed by atoms with Crippen molar-refractivity contribution in [3.63, 3.8) is 0 Å². The van der Waals surface area contributed by atoms with Crippen molar-refractivity contribution in [3.05, 3.63) is 45.5 Å². The largest absolute Gasteiger partial charge is 0.467 e. The van der Waals surface area contributed by atoms with Crippen molar-refractivity contribution in [2.75, 3.05) is 6.61 Å². The molecule has 7 nitrogen and oxygen atoms in total. The molecule has 0 saturated heterocycles. The lowest BCUT2D eigenvalue weighted by molar-refractivity contribution is -0.123. The minimum Gasteiger partial charge on any atom is -0.467 e. The van der Waals surface area contributed by atoms with E-state index in [9.17, 15) is 14.4 Å². The van der Waals surface area contributed by atoms with Gasteiger partial charge in [0.1, 0.15) is 10.6 Å². The van der Waals surface area contributed by atoms with Crippen LogP contribution in [0.1, 0.15) is 51.6 Å². The Morgan fingerprint density at radius 2 is 1.96 bits per heavy atom. The first-order valence-corrected chi connectivity index (χ1v) is 9.82. The van der Waals surface area contributed by atoms with Gasteiger partial charge < -0.3 is 14.5 Å². The molecule has 27 heavy (non-hydrogen) atoms. The van der Waals surface area contributed by atoms with E-state index in [1.165, 1.54) is 40.9 Å². The summed E-state index contributed by atoms with van der Waals surface area (Å²) in [4.78, 5) is 37.4. The van der Waals surface area contributed by atoms with Crippen molar-refractivity contribution in [2.45, 2.75) is 45.1 Å². The minimum atomic E-state index is -0.685.